The molecule has 0 unspecified atom stereocenters. The number of para-hydroxylation sites is 1. The van der Waals surface area contributed by atoms with E-state index in [1.165, 1.54) is 12.1 Å². The molecule has 0 saturated carbocycles. The average molecular weight is 327 g/mol. The lowest BCUT2D eigenvalue weighted by Crippen LogP contribution is -2.20. The van der Waals surface area contributed by atoms with Crippen LogP contribution in [0.5, 0.6) is 5.75 Å². The van der Waals surface area contributed by atoms with Crippen molar-refractivity contribution in [1.82, 2.24) is 9.97 Å². The SMILES string of the molecule is O=C(COC(=O)c1ccccc1O)Nc1ccc2[nH]c(=O)[nH]c2c1. The summed E-state index contributed by atoms with van der Waals surface area (Å²) in [6.45, 7) is -0.505. The number of ether oxygens (including phenoxy) is 1. The van der Waals surface area contributed by atoms with Crippen molar-refractivity contribution in [2.45, 2.75) is 0 Å². The highest BCUT2D eigenvalue weighted by Crippen LogP contribution is 2.17. The molecule has 1 aromatic heterocycles. The Morgan fingerprint density at radius 1 is 1.08 bits per heavy atom. The van der Waals surface area contributed by atoms with E-state index in [1.807, 2.05) is 0 Å². The van der Waals surface area contributed by atoms with Crippen molar-refractivity contribution < 1.29 is 19.4 Å². The van der Waals surface area contributed by atoms with Gasteiger partial charge in [0, 0.05) is 5.69 Å². The molecule has 0 saturated heterocycles. The number of hydrogen-bond acceptors (Lipinski definition) is 5. The number of aromatic nitrogens is 2. The van der Waals surface area contributed by atoms with E-state index in [1.54, 1.807) is 30.3 Å². The minimum atomic E-state index is -0.798. The van der Waals surface area contributed by atoms with E-state index in [9.17, 15) is 19.5 Å². The van der Waals surface area contributed by atoms with E-state index < -0.39 is 18.5 Å². The van der Waals surface area contributed by atoms with Gasteiger partial charge in [0.1, 0.15) is 11.3 Å². The number of nitrogens with one attached hydrogen (secondary N) is 3. The monoisotopic (exact) mass is 327 g/mol. The molecule has 0 aliphatic rings. The zero-order chi connectivity index (χ0) is 17.1. The van der Waals surface area contributed by atoms with Crippen LogP contribution < -0.4 is 11.0 Å². The Morgan fingerprint density at radius 2 is 1.83 bits per heavy atom. The first-order valence-electron chi connectivity index (χ1n) is 7.00. The number of phenols is 1. The number of carbonyl (C=O) groups excluding carboxylic acids is 2. The number of amides is 1. The van der Waals surface area contributed by atoms with E-state index in [0.717, 1.165) is 0 Å². The van der Waals surface area contributed by atoms with E-state index >= 15 is 0 Å². The second-order valence-electron chi connectivity index (χ2n) is 4.98. The Hall–Kier alpha value is -3.55. The molecule has 3 rings (SSSR count). The third-order valence-corrected chi connectivity index (χ3v) is 3.26. The third kappa shape index (κ3) is 3.27. The van der Waals surface area contributed by atoms with Crippen LogP contribution in [0.4, 0.5) is 5.69 Å². The fourth-order valence-electron chi connectivity index (χ4n) is 2.16. The molecule has 0 radical (unpaired) electrons. The Bertz CT molecular complexity index is 973. The highest BCUT2D eigenvalue weighted by atomic mass is 16.5. The number of hydrogen-bond donors (Lipinski definition) is 4. The predicted molar refractivity (Wildman–Crippen MR) is 85.9 cm³/mol. The summed E-state index contributed by atoms with van der Waals surface area (Å²) in [5.41, 5.74) is 1.25. The van der Waals surface area contributed by atoms with Crippen molar-refractivity contribution in [3.8, 4) is 5.75 Å². The summed E-state index contributed by atoms with van der Waals surface area (Å²) in [6, 6.07) is 10.7. The van der Waals surface area contributed by atoms with Gasteiger partial charge in [0.05, 0.1) is 11.0 Å². The first kappa shape index (κ1) is 15.3. The molecule has 24 heavy (non-hydrogen) atoms. The van der Waals surface area contributed by atoms with E-state index in [4.69, 9.17) is 4.74 Å². The normalized spacial score (nSPS) is 10.5. The smallest absolute Gasteiger partial charge is 0.342 e. The molecule has 4 N–H and O–H groups in total. The fourth-order valence-corrected chi connectivity index (χ4v) is 2.16. The fraction of sp³-hybridized carbons (Fsp3) is 0.0625. The molecule has 2 aromatic carbocycles. The number of carbonyl (C=O) groups is 2. The third-order valence-electron chi connectivity index (χ3n) is 3.26. The first-order chi connectivity index (χ1) is 11.5. The van der Waals surface area contributed by atoms with Gasteiger partial charge in [-0.2, -0.15) is 0 Å². The number of fused-ring (bicyclic) bond motifs is 1. The molecule has 0 aliphatic heterocycles. The molecule has 0 spiro atoms. The van der Waals surface area contributed by atoms with Crippen LogP contribution in [0.25, 0.3) is 11.0 Å². The van der Waals surface area contributed by atoms with Gasteiger partial charge in [-0.3, -0.25) is 4.79 Å². The summed E-state index contributed by atoms with van der Waals surface area (Å²) >= 11 is 0. The standard InChI is InChI=1S/C16H13N3O5/c20-13-4-2-1-3-10(13)15(22)24-8-14(21)17-9-5-6-11-12(7-9)19-16(23)18-11/h1-7,20H,8H2,(H,17,21)(H2,18,19,23). The summed E-state index contributed by atoms with van der Waals surface area (Å²) in [5.74, 6) is -1.56. The molecule has 8 heteroatoms. The summed E-state index contributed by atoms with van der Waals surface area (Å²) in [6.07, 6.45) is 0. The van der Waals surface area contributed by atoms with Gasteiger partial charge in [0.25, 0.3) is 5.91 Å². The van der Waals surface area contributed by atoms with Crippen molar-refractivity contribution in [3.05, 3.63) is 58.5 Å². The molecule has 122 valence electrons. The Labute approximate surface area is 135 Å². The quantitative estimate of drug-likeness (QED) is 0.539. The molecular formula is C16H13N3O5. The number of aromatic amines is 2. The summed E-state index contributed by atoms with van der Waals surface area (Å²) in [4.78, 5) is 40.0. The van der Waals surface area contributed by atoms with Crippen LogP contribution >= 0.6 is 0 Å². The first-order valence-corrected chi connectivity index (χ1v) is 7.00. The Balaban J connectivity index is 1.61. The lowest BCUT2D eigenvalue weighted by molar-refractivity contribution is -0.119. The van der Waals surface area contributed by atoms with Crippen LogP contribution in [0.1, 0.15) is 10.4 Å². The second-order valence-corrected chi connectivity index (χ2v) is 4.98. The maximum absolute atomic E-state index is 11.8. The number of phenolic OH excluding ortho intramolecular Hbond substituents is 1. The highest BCUT2D eigenvalue weighted by Gasteiger charge is 2.14. The molecule has 0 fully saturated rings. The number of H-pyrrole nitrogens is 2. The van der Waals surface area contributed by atoms with Crippen LogP contribution in [0.2, 0.25) is 0 Å². The van der Waals surface area contributed by atoms with Crippen molar-refractivity contribution in [2.24, 2.45) is 0 Å². The number of imidazole rings is 1. The molecule has 1 amide bonds. The van der Waals surface area contributed by atoms with Crippen LogP contribution in [-0.4, -0.2) is 33.6 Å². The number of benzene rings is 2. The molecule has 1 heterocycles. The summed E-state index contributed by atoms with van der Waals surface area (Å²) in [5, 5.41) is 12.1. The predicted octanol–water partition coefficient (Wildman–Crippen LogP) is 1.36. The topological polar surface area (TPSA) is 124 Å². The lowest BCUT2D eigenvalue weighted by atomic mass is 10.2. The average Bonchev–Trinajstić information content (AvgIpc) is 2.92. The largest absolute Gasteiger partial charge is 0.507 e. The van der Waals surface area contributed by atoms with Gasteiger partial charge in [0.2, 0.25) is 0 Å². The van der Waals surface area contributed by atoms with Gasteiger partial charge in [-0.25, -0.2) is 9.59 Å². The van der Waals surface area contributed by atoms with E-state index in [2.05, 4.69) is 15.3 Å². The zero-order valence-corrected chi connectivity index (χ0v) is 12.3. The number of esters is 1. The zero-order valence-electron chi connectivity index (χ0n) is 12.3. The van der Waals surface area contributed by atoms with Gasteiger partial charge < -0.3 is 25.1 Å². The minimum Gasteiger partial charge on any atom is -0.507 e. The Kier molecular flexibility index (Phi) is 4.02. The molecule has 0 bridgehead atoms. The van der Waals surface area contributed by atoms with Crippen LogP contribution in [0.15, 0.2) is 47.3 Å². The van der Waals surface area contributed by atoms with Crippen LogP contribution in [-0.2, 0) is 9.53 Å². The molecular weight excluding hydrogens is 314 g/mol. The molecule has 0 atom stereocenters. The maximum Gasteiger partial charge on any atom is 0.342 e. The van der Waals surface area contributed by atoms with Crippen LogP contribution in [0.3, 0.4) is 0 Å². The molecule has 8 nitrogen and oxygen atoms in total. The Morgan fingerprint density at radius 3 is 2.62 bits per heavy atom. The molecule has 0 aliphatic carbocycles. The maximum atomic E-state index is 11.8. The number of aromatic hydroxyl groups is 1. The number of anilines is 1. The van der Waals surface area contributed by atoms with Crippen molar-refractivity contribution in [3.63, 3.8) is 0 Å². The summed E-state index contributed by atoms with van der Waals surface area (Å²) in [7, 11) is 0. The van der Waals surface area contributed by atoms with E-state index in [-0.39, 0.29) is 17.0 Å². The minimum absolute atomic E-state index is 0.0170. The van der Waals surface area contributed by atoms with Gasteiger partial charge in [-0.1, -0.05) is 12.1 Å². The van der Waals surface area contributed by atoms with Gasteiger partial charge in [-0.05, 0) is 30.3 Å². The van der Waals surface area contributed by atoms with Crippen LogP contribution in [0, 0.1) is 0 Å². The van der Waals surface area contributed by atoms with Crippen molar-refractivity contribution >= 4 is 28.6 Å². The van der Waals surface area contributed by atoms with Crippen molar-refractivity contribution in [2.75, 3.05) is 11.9 Å². The van der Waals surface area contributed by atoms with Crippen molar-refractivity contribution in [1.29, 1.82) is 0 Å². The van der Waals surface area contributed by atoms with Gasteiger partial charge in [0.15, 0.2) is 6.61 Å². The van der Waals surface area contributed by atoms with Gasteiger partial charge >= 0.3 is 11.7 Å². The summed E-state index contributed by atoms with van der Waals surface area (Å²) < 4.78 is 4.86. The lowest BCUT2D eigenvalue weighted by Gasteiger charge is -2.07. The highest BCUT2D eigenvalue weighted by molar-refractivity contribution is 5.97. The van der Waals surface area contributed by atoms with Gasteiger partial charge in [-0.15, -0.1) is 0 Å². The second kappa shape index (κ2) is 6.29. The van der Waals surface area contributed by atoms with E-state index in [0.29, 0.717) is 16.7 Å². The molecule has 3 aromatic rings. The number of rotatable bonds is 4.